The fourth-order valence-corrected chi connectivity index (χ4v) is 2.15. The SMILES string of the molecule is Cc1cc(C(N)Cc2cc(Cl)ccc2F)ccc1F. The van der Waals surface area contributed by atoms with E-state index >= 15 is 0 Å². The highest BCUT2D eigenvalue weighted by atomic mass is 35.5. The first kappa shape index (κ1) is 14.0. The van der Waals surface area contributed by atoms with Crippen LogP contribution >= 0.6 is 11.6 Å². The molecule has 1 nitrogen and oxygen atoms in total. The summed E-state index contributed by atoms with van der Waals surface area (Å²) in [6, 6.07) is 8.66. The van der Waals surface area contributed by atoms with Gasteiger partial charge in [-0.2, -0.15) is 0 Å². The fraction of sp³-hybridized carbons (Fsp3) is 0.200. The minimum absolute atomic E-state index is 0.273. The number of halogens is 3. The summed E-state index contributed by atoms with van der Waals surface area (Å²) in [4.78, 5) is 0. The van der Waals surface area contributed by atoms with Crippen molar-refractivity contribution in [3.63, 3.8) is 0 Å². The summed E-state index contributed by atoms with van der Waals surface area (Å²) in [5.74, 6) is -0.608. The Hall–Kier alpha value is -1.45. The van der Waals surface area contributed by atoms with Crippen LogP contribution in [0.25, 0.3) is 0 Å². The van der Waals surface area contributed by atoms with Gasteiger partial charge in [0.05, 0.1) is 0 Å². The minimum atomic E-state index is -0.396. The Labute approximate surface area is 116 Å². The van der Waals surface area contributed by atoms with Gasteiger partial charge in [-0.15, -0.1) is 0 Å². The summed E-state index contributed by atoms with van der Waals surface area (Å²) < 4.78 is 26.8. The Bertz CT molecular complexity index is 599. The molecule has 2 aromatic carbocycles. The zero-order chi connectivity index (χ0) is 14.0. The van der Waals surface area contributed by atoms with Crippen molar-refractivity contribution in [1.29, 1.82) is 0 Å². The first-order valence-electron chi connectivity index (χ1n) is 5.93. The third-order valence-electron chi connectivity index (χ3n) is 3.06. The van der Waals surface area contributed by atoms with Gasteiger partial charge >= 0.3 is 0 Å². The lowest BCUT2D eigenvalue weighted by molar-refractivity contribution is 0.591. The van der Waals surface area contributed by atoms with E-state index in [2.05, 4.69) is 0 Å². The van der Waals surface area contributed by atoms with Crippen LogP contribution in [0.2, 0.25) is 5.02 Å². The molecule has 0 fully saturated rings. The van der Waals surface area contributed by atoms with Gasteiger partial charge in [0.2, 0.25) is 0 Å². The lowest BCUT2D eigenvalue weighted by atomic mass is 9.98. The normalized spacial score (nSPS) is 12.5. The molecule has 2 N–H and O–H groups in total. The lowest BCUT2D eigenvalue weighted by Crippen LogP contribution is -2.14. The van der Waals surface area contributed by atoms with Gasteiger partial charge in [0, 0.05) is 11.1 Å². The molecule has 1 atom stereocenters. The maximum Gasteiger partial charge on any atom is 0.126 e. The van der Waals surface area contributed by atoms with E-state index in [4.69, 9.17) is 17.3 Å². The molecule has 2 aromatic rings. The molecule has 0 aromatic heterocycles. The van der Waals surface area contributed by atoms with Crippen LogP contribution in [0.3, 0.4) is 0 Å². The van der Waals surface area contributed by atoms with E-state index < -0.39 is 6.04 Å². The number of hydrogen-bond donors (Lipinski definition) is 1. The largest absolute Gasteiger partial charge is 0.324 e. The topological polar surface area (TPSA) is 26.0 Å². The van der Waals surface area contributed by atoms with Crippen molar-refractivity contribution in [3.8, 4) is 0 Å². The van der Waals surface area contributed by atoms with Crippen LogP contribution < -0.4 is 5.73 Å². The third-order valence-corrected chi connectivity index (χ3v) is 3.29. The van der Waals surface area contributed by atoms with Gasteiger partial charge in [0.1, 0.15) is 11.6 Å². The summed E-state index contributed by atoms with van der Waals surface area (Å²) in [6.07, 6.45) is 0.317. The second-order valence-electron chi connectivity index (χ2n) is 4.55. The van der Waals surface area contributed by atoms with Gasteiger partial charge in [-0.05, 0) is 54.3 Å². The van der Waals surface area contributed by atoms with Gasteiger partial charge in [-0.1, -0.05) is 23.7 Å². The smallest absolute Gasteiger partial charge is 0.126 e. The van der Waals surface area contributed by atoms with Crippen LogP contribution in [0, 0.1) is 18.6 Å². The molecule has 0 saturated carbocycles. The van der Waals surface area contributed by atoms with Crippen molar-refractivity contribution in [2.75, 3.05) is 0 Å². The predicted molar refractivity (Wildman–Crippen MR) is 73.2 cm³/mol. The summed E-state index contributed by atoms with van der Waals surface area (Å²) >= 11 is 5.84. The molecule has 19 heavy (non-hydrogen) atoms. The van der Waals surface area contributed by atoms with Crippen molar-refractivity contribution in [2.24, 2.45) is 5.73 Å². The average molecular weight is 282 g/mol. The van der Waals surface area contributed by atoms with E-state index in [1.807, 2.05) is 0 Å². The first-order valence-corrected chi connectivity index (χ1v) is 6.30. The molecular weight excluding hydrogens is 268 g/mol. The fourth-order valence-electron chi connectivity index (χ4n) is 1.95. The van der Waals surface area contributed by atoms with Gasteiger partial charge in [0.25, 0.3) is 0 Å². The quantitative estimate of drug-likeness (QED) is 0.898. The Morgan fingerprint density at radius 2 is 1.79 bits per heavy atom. The molecular formula is C15H14ClF2N. The van der Waals surface area contributed by atoms with Gasteiger partial charge in [0.15, 0.2) is 0 Å². The van der Waals surface area contributed by atoms with E-state index in [9.17, 15) is 8.78 Å². The highest BCUT2D eigenvalue weighted by molar-refractivity contribution is 6.30. The van der Waals surface area contributed by atoms with Crippen LogP contribution in [0.4, 0.5) is 8.78 Å². The van der Waals surface area contributed by atoms with Crippen molar-refractivity contribution >= 4 is 11.6 Å². The minimum Gasteiger partial charge on any atom is -0.324 e. The van der Waals surface area contributed by atoms with E-state index in [0.29, 0.717) is 22.6 Å². The molecule has 0 bridgehead atoms. The summed E-state index contributed by atoms with van der Waals surface area (Å²) in [7, 11) is 0. The standard InChI is InChI=1S/C15H14ClF2N/c1-9-6-10(2-4-13(9)17)15(19)8-11-7-12(16)3-5-14(11)18/h2-7,15H,8,19H2,1H3. The predicted octanol–water partition coefficient (Wildman–Crippen LogP) is 4.17. The van der Waals surface area contributed by atoms with Gasteiger partial charge in [-0.3, -0.25) is 0 Å². The van der Waals surface area contributed by atoms with Crippen LogP contribution in [0.5, 0.6) is 0 Å². The number of benzene rings is 2. The van der Waals surface area contributed by atoms with Crippen molar-refractivity contribution in [2.45, 2.75) is 19.4 Å². The van der Waals surface area contributed by atoms with Crippen molar-refractivity contribution < 1.29 is 8.78 Å². The number of nitrogens with two attached hydrogens (primary N) is 1. The molecule has 4 heteroatoms. The van der Waals surface area contributed by atoms with Crippen LogP contribution in [0.15, 0.2) is 36.4 Å². The molecule has 2 rings (SSSR count). The number of hydrogen-bond acceptors (Lipinski definition) is 1. The molecule has 0 aliphatic carbocycles. The molecule has 0 saturated heterocycles. The second kappa shape index (κ2) is 5.68. The third kappa shape index (κ3) is 3.31. The van der Waals surface area contributed by atoms with Crippen LogP contribution in [-0.4, -0.2) is 0 Å². The molecule has 1 unspecified atom stereocenters. The molecule has 0 heterocycles. The molecule has 100 valence electrons. The van der Waals surface area contributed by atoms with Crippen LogP contribution in [-0.2, 0) is 6.42 Å². The molecule has 0 aliphatic heterocycles. The zero-order valence-corrected chi connectivity index (χ0v) is 11.2. The summed E-state index contributed by atoms with van der Waals surface area (Å²) in [5, 5.41) is 0.471. The van der Waals surface area contributed by atoms with E-state index in [1.54, 1.807) is 25.1 Å². The van der Waals surface area contributed by atoms with Crippen molar-refractivity contribution in [1.82, 2.24) is 0 Å². The maximum absolute atomic E-state index is 13.6. The molecule has 0 aliphatic rings. The van der Waals surface area contributed by atoms with Crippen molar-refractivity contribution in [3.05, 3.63) is 69.7 Å². The van der Waals surface area contributed by atoms with Gasteiger partial charge in [-0.25, -0.2) is 8.78 Å². The Morgan fingerprint density at radius 1 is 1.11 bits per heavy atom. The monoisotopic (exact) mass is 281 g/mol. The second-order valence-corrected chi connectivity index (χ2v) is 4.99. The summed E-state index contributed by atoms with van der Waals surface area (Å²) in [5.41, 5.74) is 7.80. The molecule has 0 radical (unpaired) electrons. The zero-order valence-electron chi connectivity index (χ0n) is 10.5. The van der Waals surface area contributed by atoms with E-state index in [0.717, 1.165) is 5.56 Å². The van der Waals surface area contributed by atoms with Gasteiger partial charge < -0.3 is 5.73 Å². The van der Waals surface area contributed by atoms with E-state index in [-0.39, 0.29) is 11.6 Å². The van der Waals surface area contributed by atoms with E-state index in [1.165, 1.54) is 18.2 Å². The maximum atomic E-state index is 13.6. The first-order chi connectivity index (χ1) is 8.97. The lowest BCUT2D eigenvalue weighted by Gasteiger charge is -2.14. The van der Waals surface area contributed by atoms with Crippen LogP contribution in [0.1, 0.15) is 22.7 Å². The highest BCUT2D eigenvalue weighted by Gasteiger charge is 2.12. The Kier molecular flexibility index (Phi) is 4.17. The Morgan fingerprint density at radius 3 is 2.47 bits per heavy atom. The number of rotatable bonds is 3. The number of aryl methyl sites for hydroxylation is 1. The summed E-state index contributed by atoms with van der Waals surface area (Å²) in [6.45, 7) is 1.67. The average Bonchev–Trinajstić information content (AvgIpc) is 2.37. The molecule has 0 amide bonds. The molecule has 0 spiro atoms. The highest BCUT2D eigenvalue weighted by Crippen LogP contribution is 2.22. The Balaban J connectivity index is 2.22.